The summed E-state index contributed by atoms with van der Waals surface area (Å²) in [6.45, 7) is 0.400. The van der Waals surface area contributed by atoms with Crippen LogP contribution in [0.15, 0.2) is 41.0 Å². The number of hydrogen-bond donors (Lipinski definition) is 2. The van der Waals surface area contributed by atoms with Crippen LogP contribution < -0.4 is 11.1 Å². The summed E-state index contributed by atoms with van der Waals surface area (Å²) in [4.78, 5) is 3.94. The molecule has 0 aliphatic carbocycles. The minimum Gasteiger partial charge on any atom is -0.384 e. The van der Waals surface area contributed by atoms with Gasteiger partial charge in [-0.15, -0.1) is 0 Å². The standard InChI is InChI=1S/C12H11BrFN3/c13-9-1-3-11(14)8(5-9)6-16-10-2-4-12(15)17-7-10/h1-5,7,16H,6H2,(H2,15,17). The Morgan fingerprint density at radius 2 is 2.12 bits per heavy atom. The van der Waals surface area contributed by atoms with E-state index in [1.54, 1.807) is 30.5 Å². The van der Waals surface area contributed by atoms with Crippen LogP contribution >= 0.6 is 15.9 Å². The van der Waals surface area contributed by atoms with E-state index in [0.717, 1.165) is 10.2 Å². The summed E-state index contributed by atoms with van der Waals surface area (Å²) in [5.74, 6) is 0.230. The molecule has 1 heterocycles. The highest BCUT2D eigenvalue weighted by Crippen LogP contribution is 2.17. The SMILES string of the molecule is Nc1ccc(NCc2cc(Br)ccc2F)cn1. The van der Waals surface area contributed by atoms with Crippen molar-refractivity contribution in [2.24, 2.45) is 0 Å². The Bertz CT molecular complexity index is 514. The number of anilines is 2. The van der Waals surface area contributed by atoms with Crippen molar-refractivity contribution in [1.82, 2.24) is 4.98 Å². The predicted molar refractivity (Wildman–Crippen MR) is 70.1 cm³/mol. The molecule has 0 saturated carbocycles. The molecule has 0 aliphatic rings. The van der Waals surface area contributed by atoms with Crippen LogP contribution in [-0.4, -0.2) is 4.98 Å². The lowest BCUT2D eigenvalue weighted by atomic mass is 10.2. The van der Waals surface area contributed by atoms with Gasteiger partial charge in [-0.2, -0.15) is 0 Å². The quantitative estimate of drug-likeness (QED) is 0.914. The highest BCUT2D eigenvalue weighted by Gasteiger charge is 2.02. The molecule has 88 valence electrons. The predicted octanol–water partition coefficient (Wildman–Crippen LogP) is 3.18. The second kappa shape index (κ2) is 5.14. The van der Waals surface area contributed by atoms with Crippen molar-refractivity contribution >= 4 is 27.4 Å². The van der Waals surface area contributed by atoms with Gasteiger partial charge in [0.25, 0.3) is 0 Å². The van der Waals surface area contributed by atoms with Crippen molar-refractivity contribution in [3.05, 3.63) is 52.4 Å². The molecular weight excluding hydrogens is 285 g/mol. The minimum absolute atomic E-state index is 0.232. The second-order valence-electron chi connectivity index (χ2n) is 3.56. The first kappa shape index (κ1) is 11.9. The first-order chi connectivity index (χ1) is 8.15. The molecule has 0 aliphatic heterocycles. The van der Waals surface area contributed by atoms with Gasteiger partial charge in [-0.1, -0.05) is 15.9 Å². The fourth-order valence-corrected chi connectivity index (χ4v) is 1.79. The van der Waals surface area contributed by atoms with E-state index in [4.69, 9.17) is 5.73 Å². The normalized spacial score (nSPS) is 10.2. The van der Waals surface area contributed by atoms with Gasteiger partial charge < -0.3 is 11.1 Å². The van der Waals surface area contributed by atoms with Crippen molar-refractivity contribution in [3.8, 4) is 0 Å². The fraction of sp³-hybridized carbons (Fsp3) is 0.0833. The van der Waals surface area contributed by atoms with Crippen molar-refractivity contribution in [2.75, 3.05) is 11.1 Å². The largest absolute Gasteiger partial charge is 0.384 e. The van der Waals surface area contributed by atoms with Gasteiger partial charge in [0.1, 0.15) is 11.6 Å². The number of rotatable bonds is 3. The summed E-state index contributed by atoms with van der Waals surface area (Å²) in [6, 6.07) is 8.34. The highest BCUT2D eigenvalue weighted by molar-refractivity contribution is 9.10. The molecule has 0 bridgehead atoms. The molecule has 5 heteroatoms. The number of hydrogen-bond acceptors (Lipinski definition) is 3. The molecule has 3 N–H and O–H groups in total. The molecule has 0 saturated heterocycles. The number of nitrogens with zero attached hydrogens (tertiary/aromatic N) is 1. The van der Waals surface area contributed by atoms with Gasteiger partial charge in [-0.25, -0.2) is 9.37 Å². The molecule has 17 heavy (non-hydrogen) atoms. The number of nitrogen functional groups attached to an aromatic ring is 1. The zero-order chi connectivity index (χ0) is 12.3. The van der Waals surface area contributed by atoms with Gasteiger partial charge in [0.15, 0.2) is 0 Å². The summed E-state index contributed by atoms with van der Waals surface area (Å²) in [6.07, 6.45) is 1.62. The maximum Gasteiger partial charge on any atom is 0.128 e. The lowest BCUT2D eigenvalue weighted by Crippen LogP contribution is -2.02. The first-order valence-electron chi connectivity index (χ1n) is 5.04. The molecule has 0 atom stereocenters. The van der Waals surface area contributed by atoms with E-state index >= 15 is 0 Å². The Balaban J connectivity index is 2.07. The van der Waals surface area contributed by atoms with E-state index < -0.39 is 0 Å². The van der Waals surface area contributed by atoms with E-state index in [9.17, 15) is 4.39 Å². The molecule has 0 unspecified atom stereocenters. The van der Waals surface area contributed by atoms with E-state index in [-0.39, 0.29) is 5.82 Å². The Morgan fingerprint density at radius 3 is 2.82 bits per heavy atom. The second-order valence-corrected chi connectivity index (χ2v) is 4.48. The molecule has 2 aromatic rings. The van der Waals surface area contributed by atoms with Crippen LogP contribution in [0.1, 0.15) is 5.56 Å². The number of pyridine rings is 1. The third-order valence-electron chi connectivity index (χ3n) is 2.28. The van der Waals surface area contributed by atoms with Crippen LogP contribution in [0.5, 0.6) is 0 Å². The molecular formula is C12H11BrFN3. The molecule has 3 nitrogen and oxygen atoms in total. The Labute approximate surface area is 107 Å². The van der Waals surface area contributed by atoms with Crippen LogP contribution in [0.2, 0.25) is 0 Å². The average molecular weight is 296 g/mol. The fourth-order valence-electron chi connectivity index (χ4n) is 1.39. The van der Waals surface area contributed by atoms with Crippen LogP contribution in [0.25, 0.3) is 0 Å². The van der Waals surface area contributed by atoms with Crippen LogP contribution in [0.4, 0.5) is 15.9 Å². The number of nitrogens with one attached hydrogen (secondary N) is 1. The molecule has 1 aromatic heterocycles. The molecule has 0 fully saturated rings. The summed E-state index contributed by atoms with van der Waals surface area (Å²) >= 11 is 3.31. The van der Waals surface area contributed by atoms with Gasteiger partial charge >= 0.3 is 0 Å². The zero-order valence-corrected chi connectivity index (χ0v) is 10.5. The number of benzene rings is 1. The van der Waals surface area contributed by atoms with Gasteiger partial charge in [-0.05, 0) is 30.3 Å². The van der Waals surface area contributed by atoms with Gasteiger partial charge in [0.05, 0.1) is 11.9 Å². The topological polar surface area (TPSA) is 50.9 Å². The number of aromatic nitrogens is 1. The molecule has 0 radical (unpaired) electrons. The third kappa shape index (κ3) is 3.17. The zero-order valence-electron chi connectivity index (χ0n) is 8.95. The Hall–Kier alpha value is -1.62. The van der Waals surface area contributed by atoms with Gasteiger partial charge in [-0.3, -0.25) is 0 Å². The molecule has 2 rings (SSSR count). The monoisotopic (exact) mass is 295 g/mol. The smallest absolute Gasteiger partial charge is 0.128 e. The summed E-state index contributed by atoms with van der Waals surface area (Å²) in [7, 11) is 0. The minimum atomic E-state index is -0.232. The summed E-state index contributed by atoms with van der Waals surface area (Å²) < 4.78 is 14.3. The van der Waals surface area contributed by atoms with Crippen LogP contribution in [0.3, 0.4) is 0 Å². The van der Waals surface area contributed by atoms with E-state index in [0.29, 0.717) is 17.9 Å². The van der Waals surface area contributed by atoms with E-state index in [1.807, 2.05) is 0 Å². The molecule has 1 aromatic carbocycles. The van der Waals surface area contributed by atoms with Crippen molar-refractivity contribution < 1.29 is 4.39 Å². The van der Waals surface area contributed by atoms with Crippen molar-refractivity contribution in [2.45, 2.75) is 6.54 Å². The summed E-state index contributed by atoms with van der Waals surface area (Å²) in [5.41, 5.74) is 6.87. The number of nitrogens with two attached hydrogens (primary N) is 1. The first-order valence-corrected chi connectivity index (χ1v) is 5.84. The Kier molecular flexibility index (Phi) is 3.58. The van der Waals surface area contributed by atoms with Crippen LogP contribution in [-0.2, 0) is 6.54 Å². The maximum atomic E-state index is 13.4. The molecule has 0 spiro atoms. The highest BCUT2D eigenvalue weighted by atomic mass is 79.9. The van der Waals surface area contributed by atoms with Crippen LogP contribution in [0, 0.1) is 5.82 Å². The Morgan fingerprint density at radius 1 is 1.29 bits per heavy atom. The van der Waals surface area contributed by atoms with Crippen molar-refractivity contribution in [3.63, 3.8) is 0 Å². The van der Waals surface area contributed by atoms with Gasteiger partial charge in [0, 0.05) is 16.6 Å². The maximum absolute atomic E-state index is 13.4. The number of halogens is 2. The summed E-state index contributed by atoms with van der Waals surface area (Å²) in [5, 5.41) is 3.08. The van der Waals surface area contributed by atoms with Gasteiger partial charge in [0.2, 0.25) is 0 Å². The van der Waals surface area contributed by atoms with E-state index in [1.165, 1.54) is 6.07 Å². The third-order valence-corrected chi connectivity index (χ3v) is 2.77. The average Bonchev–Trinajstić information content (AvgIpc) is 2.32. The lowest BCUT2D eigenvalue weighted by Gasteiger charge is -2.07. The lowest BCUT2D eigenvalue weighted by molar-refractivity contribution is 0.612. The molecule has 0 amide bonds. The van der Waals surface area contributed by atoms with Crippen molar-refractivity contribution in [1.29, 1.82) is 0 Å². The van der Waals surface area contributed by atoms with E-state index in [2.05, 4.69) is 26.2 Å².